The van der Waals surface area contributed by atoms with Crippen molar-refractivity contribution in [1.82, 2.24) is 14.8 Å². The maximum atomic E-state index is 13.4. The summed E-state index contributed by atoms with van der Waals surface area (Å²) in [4.78, 5) is 21.0. The fourth-order valence-corrected chi connectivity index (χ4v) is 3.54. The van der Waals surface area contributed by atoms with Gasteiger partial charge >= 0.3 is 0 Å². The Morgan fingerprint density at radius 2 is 1.93 bits per heavy atom. The number of piperazine rings is 1. The zero-order valence-corrected chi connectivity index (χ0v) is 16.8. The zero-order chi connectivity index (χ0) is 20.4. The summed E-state index contributed by atoms with van der Waals surface area (Å²) >= 11 is 5.94. The Hall–Kier alpha value is -2.70. The molecule has 1 fully saturated rings. The van der Waals surface area contributed by atoms with Gasteiger partial charge in [-0.2, -0.15) is 0 Å². The zero-order valence-electron chi connectivity index (χ0n) is 16.1. The van der Waals surface area contributed by atoms with E-state index < -0.39 is 0 Å². The molecule has 5 nitrogen and oxygen atoms in total. The Labute approximate surface area is 173 Å². The van der Waals surface area contributed by atoms with Gasteiger partial charge in [-0.25, -0.2) is 9.37 Å². The maximum Gasteiger partial charge on any atom is 0.237 e. The Bertz CT molecular complexity index is 1020. The van der Waals surface area contributed by atoms with Crippen molar-refractivity contribution in [2.75, 3.05) is 19.6 Å². The van der Waals surface area contributed by atoms with Crippen molar-refractivity contribution >= 4 is 17.5 Å². The Kier molecular flexibility index (Phi) is 5.65. The summed E-state index contributed by atoms with van der Waals surface area (Å²) in [5.74, 6) is 1.03. The third-order valence-corrected chi connectivity index (χ3v) is 5.27. The molecule has 0 N–H and O–H groups in total. The fraction of sp³-hybridized carbons (Fsp3) is 0.273. The average Bonchev–Trinajstić information content (AvgIpc) is 3.05. The lowest BCUT2D eigenvalue weighted by Gasteiger charge is -2.34. The van der Waals surface area contributed by atoms with Gasteiger partial charge in [-0.3, -0.25) is 9.69 Å². The molecule has 1 aliphatic heterocycles. The van der Waals surface area contributed by atoms with Crippen LogP contribution >= 0.6 is 11.6 Å². The van der Waals surface area contributed by atoms with E-state index in [2.05, 4.69) is 9.88 Å². The van der Waals surface area contributed by atoms with Gasteiger partial charge in [0.25, 0.3) is 0 Å². The summed E-state index contributed by atoms with van der Waals surface area (Å²) in [5, 5.41) is 0.659. The summed E-state index contributed by atoms with van der Waals surface area (Å²) in [7, 11) is 0. The molecule has 0 unspecified atom stereocenters. The standard InChI is InChI=1S/C22H21ClFN3O2/c1-15-20(25-22(29-15)17-5-7-18(23)8-6-17)13-26-9-10-27(21(28)14-26)12-16-3-2-4-19(24)11-16/h2-8,11H,9-10,12-14H2,1H3. The van der Waals surface area contributed by atoms with Gasteiger partial charge in [-0.1, -0.05) is 23.7 Å². The topological polar surface area (TPSA) is 49.6 Å². The number of amides is 1. The second kappa shape index (κ2) is 8.35. The molecular weight excluding hydrogens is 393 g/mol. The van der Waals surface area contributed by atoms with E-state index in [4.69, 9.17) is 16.0 Å². The molecule has 1 amide bonds. The molecule has 3 aromatic rings. The third kappa shape index (κ3) is 4.66. The van der Waals surface area contributed by atoms with Crippen molar-refractivity contribution in [3.8, 4) is 11.5 Å². The normalized spacial score (nSPS) is 15.1. The highest BCUT2D eigenvalue weighted by Gasteiger charge is 2.25. The van der Waals surface area contributed by atoms with E-state index in [0.29, 0.717) is 37.1 Å². The molecule has 0 saturated carbocycles. The van der Waals surface area contributed by atoms with Crippen molar-refractivity contribution in [3.63, 3.8) is 0 Å². The molecular formula is C22H21ClFN3O2. The van der Waals surface area contributed by atoms with Crippen molar-refractivity contribution in [2.45, 2.75) is 20.0 Å². The van der Waals surface area contributed by atoms with E-state index >= 15 is 0 Å². The molecule has 0 aliphatic carbocycles. The number of nitrogens with zero attached hydrogens (tertiary/aromatic N) is 3. The van der Waals surface area contributed by atoms with Gasteiger partial charge in [0.15, 0.2) is 0 Å². The molecule has 1 saturated heterocycles. The summed E-state index contributed by atoms with van der Waals surface area (Å²) in [6, 6.07) is 13.7. The molecule has 1 aromatic heterocycles. The monoisotopic (exact) mass is 413 g/mol. The number of aryl methyl sites for hydroxylation is 1. The highest BCUT2D eigenvalue weighted by Crippen LogP contribution is 2.24. The van der Waals surface area contributed by atoms with Crippen molar-refractivity contribution < 1.29 is 13.6 Å². The molecule has 7 heteroatoms. The second-order valence-corrected chi connectivity index (χ2v) is 7.62. The van der Waals surface area contributed by atoms with Crippen molar-refractivity contribution in [2.24, 2.45) is 0 Å². The second-order valence-electron chi connectivity index (χ2n) is 7.18. The van der Waals surface area contributed by atoms with Crippen LogP contribution in [0.2, 0.25) is 5.02 Å². The minimum absolute atomic E-state index is 0.0274. The number of rotatable bonds is 5. The number of halogens is 2. The molecule has 0 radical (unpaired) electrons. The van der Waals surface area contributed by atoms with Crippen LogP contribution in [-0.2, 0) is 17.9 Å². The van der Waals surface area contributed by atoms with Crippen LogP contribution in [0, 0.1) is 12.7 Å². The largest absolute Gasteiger partial charge is 0.441 e. The fourth-order valence-electron chi connectivity index (χ4n) is 3.42. The molecule has 1 aliphatic rings. The highest BCUT2D eigenvalue weighted by atomic mass is 35.5. The van der Waals surface area contributed by atoms with E-state index in [-0.39, 0.29) is 11.7 Å². The van der Waals surface area contributed by atoms with Crippen LogP contribution in [0.5, 0.6) is 0 Å². The van der Waals surface area contributed by atoms with E-state index in [1.54, 1.807) is 23.1 Å². The predicted molar refractivity (Wildman–Crippen MR) is 109 cm³/mol. The van der Waals surface area contributed by atoms with E-state index in [0.717, 1.165) is 29.1 Å². The van der Waals surface area contributed by atoms with Crippen LogP contribution in [0.1, 0.15) is 17.0 Å². The van der Waals surface area contributed by atoms with Gasteiger partial charge in [0.1, 0.15) is 11.6 Å². The van der Waals surface area contributed by atoms with Gasteiger partial charge < -0.3 is 9.32 Å². The number of carbonyl (C=O) groups is 1. The minimum atomic E-state index is -0.286. The first-order valence-corrected chi connectivity index (χ1v) is 9.82. The number of hydrogen-bond acceptors (Lipinski definition) is 4. The smallest absolute Gasteiger partial charge is 0.237 e. The van der Waals surface area contributed by atoms with Crippen LogP contribution in [0.4, 0.5) is 4.39 Å². The molecule has 0 bridgehead atoms. The molecule has 0 atom stereocenters. The van der Waals surface area contributed by atoms with Crippen LogP contribution in [0.25, 0.3) is 11.5 Å². The summed E-state index contributed by atoms with van der Waals surface area (Å²) in [6.45, 7) is 4.47. The summed E-state index contributed by atoms with van der Waals surface area (Å²) in [6.07, 6.45) is 0. The average molecular weight is 414 g/mol. The molecule has 150 valence electrons. The van der Waals surface area contributed by atoms with Gasteiger partial charge in [-0.05, 0) is 48.9 Å². The van der Waals surface area contributed by atoms with E-state index in [1.807, 2.05) is 25.1 Å². The highest BCUT2D eigenvalue weighted by molar-refractivity contribution is 6.30. The Morgan fingerprint density at radius 3 is 2.66 bits per heavy atom. The van der Waals surface area contributed by atoms with E-state index in [9.17, 15) is 9.18 Å². The van der Waals surface area contributed by atoms with Gasteiger partial charge in [0.05, 0.1) is 12.2 Å². The lowest BCUT2D eigenvalue weighted by molar-refractivity contribution is -0.136. The number of aromatic nitrogens is 1. The molecule has 29 heavy (non-hydrogen) atoms. The summed E-state index contributed by atoms with van der Waals surface area (Å²) in [5.41, 5.74) is 2.48. The van der Waals surface area contributed by atoms with E-state index in [1.165, 1.54) is 12.1 Å². The SMILES string of the molecule is Cc1oc(-c2ccc(Cl)cc2)nc1CN1CCN(Cc2cccc(F)c2)C(=O)C1. The quantitative estimate of drug-likeness (QED) is 0.626. The number of oxazole rings is 1. The summed E-state index contributed by atoms with van der Waals surface area (Å²) < 4.78 is 19.2. The van der Waals surface area contributed by atoms with Gasteiger partial charge in [-0.15, -0.1) is 0 Å². The first kappa shape index (κ1) is 19.6. The first-order valence-electron chi connectivity index (χ1n) is 9.45. The third-order valence-electron chi connectivity index (χ3n) is 5.02. The van der Waals surface area contributed by atoms with Crippen LogP contribution in [0.15, 0.2) is 52.9 Å². The molecule has 4 rings (SSSR count). The predicted octanol–water partition coefficient (Wildman–Crippen LogP) is 4.29. The lowest BCUT2D eigenvalue weighted by atomic mass is 10.2. The lowest BCUT2D eigenvalue weighted by Crippen LogP contribution is -2.49. The van der Waals surface area contributed by atoms with Gasteiger partial charge in [0.2, 0.25) is 11.8 Å². The maximum absolute atomic E-state index is 13.4. The van der Waals surface area contributed by atoms with Crippen molar-refractivity contribution in [3.05, 3.63) is 76.4 Å². The number of hydrogen-bond donors (Lipinski definition) is 0. The number of benzene rings is 2. The van der Waals surface area contributed by atoms with Crippen LogP contribution in [0.3, 0.4) is 0 Å². The Morgan fingerprint density at radius 1 is 1.14 bits per heavy atom. The number of carbonyl (C=O) groups excluding carboxylic acids is 1. The Balaban J connectivity index is 1.39. The molecule has 0 spiro atoms. The van der Waals surface area contributed by atoms with Crippen molar-refractivity contribution in [1.29, 1.82) is 0 Å². The van der Waals surface area contributed by atoms with Gasteiger partial charge in [0, 0.05) is 36.8 Å². The first-order chi connectivity index (χ1) is 14.0. The molecule has 2 aromatic carbocycles. The van der Waals surface area contributed by atoms with Crippen LogP contribution < -0.4 is 0 Å². The minimum Gasteiger partial charge on any atom is -0.441 e. The van der Waals surface area contributed by atoms with Crippen LogP contribution in [-0.4, -0.2) is 40.3 Å². The molecule has 2 heterocycles.